The number of nitrogens with one attached hydrogen (secondary N) is 1. The van der Waals surface area contributed by atoms with Crippen molar-refractivity contribution in [1.82, 2.24) is 25.1 Å². The molecule has 8 heteroatoms. The molecule has 104 valence electrons. The van der Waals surface area contributed by atoms with E-state index in [1.807, 2.05) is 0 Å². The van der Waals surface area contributed by atoms with Crippen LogP contribution in [0.2, 0.25) is 0 Å². The Balaban J connectivity index is 1.87. The summed E-state index contributed by atoms with van der Waals surface area (Å²) in [6.07, 6.45) is 4.67. The van der Waals surface area contributed by atoms with E-state index in [1.54, 1.807) is 18.5 Å². The number of piperazine rings is 1. The van der Waals surface area contributed by atoms with Gasteiger partial charge in [0, 0.05) is 44.6 Å². The summed E-state index contributed by atoms with van der Waals surface area (Å²) in [7, 11) is 0. The number of hydrogen-bond acceptors (Lipinski definition) is 6. The molecule has 8 nitrogen and oxygen atoms in total. The highest BCUT2D eigenvalue weighted by molar-refractivity contribution is 5.92. The molecule has 0 aliphatic carbocycles. The molecule has 2 aromatic heterocycles. The van der Waals surface area contributed by atoms with Crippen LogP contribution in [0.4, 0.5) is 5.95 Å². The summed E-state index contributed by atoms with van der Waals surface area (Å²) >= 11 is 0. The van der Waals surface area contributed by atoms with Gasteiger partial charge in [0.1, 0.15) is 0 Å². The second-order valence-corrected chi connectivity index (χ2v) is 4.49. The number of rotatable bonds is 3. The zero-order valence-electron chi connectivity index (χ0n) is 10.9. The molecule has 1 fully saturated rings. The van der Waals surface area contributed by atoms with Crippen molar-refractivity contribution >= 4 is 11.9 Å². The Morgan fingerprint density at radius 1 is 1.35 bits per heavy atom. The predicted octanol–water partition coefficient (Wildman–Crippen LogP) is -0.829. The molecule has 0 unspecified atom stereocenters. The van der Waals surface area contributed by atoms with E-state index in [2.05, 4.69) is 25.3 Å². The van der Waals surface area contributed by atoms with Gasteiger partial charge in [0.15, 0.2) is 5.82 Å². The Hall–Kier alpha value is -2.48. The van der Waals surface area contributed by atoms with Gasteiger partial charge in [-0.1, -0.05) is 0 Å². The molecule has 0 atom stereocenters. The van der Waals surface area contributed by atoms with E-state index in [0.29, 0.717) is 17.3 Å². The number of aromatic nitrogens is 4. The molecule has 1 saturated heterocycles. The SMILES string of the molecule is NC(=O)c1cnn(-c2ccnc(N3CCNCC3)n2)c1. The van der Waals surface area contributed by atoms with Crippen LogP contribution < -0.4 is 16.0 Å². The van der Waals surface area contributed by atoms with Gasteiger partial charge in [0.05, 0.1) is 11.8 Å². The van der Waals surface area contributed by atoms with Crippen LogP contribution in [0.3, 0.4) is 0 Å². The fraction of sp³-hybridized carbons (Fsp3) is 0.333. The Bertz CT molecular complexity index is 618. The molecule has 20 heavy (non-hydrogen) atoms. The number of nitrogens with zero attached hydrogens (tertiary/aromatic N) is 5. The standard InChI is InChI=1S/C12H15N7O/c13-11(20)9-7-16-19(8-9)10-1-2-15-12(17-10)18-5-3-14-4-6-18/h1-2,7-8,14H,3-6H2,(H2,13,20). The molecule has 2 aromatic rings. The average molecular weight is 273 g/mol. The number of hydrogen-bond donors (Lipinski definition) is 2. The minimum absolute atomic E-state index is 0.354. The molecule has 0 aromatic carbocycles. The lowest BCUT2D eigenvalue weighted by molar-refractivity contribution is 0.100. The van der Waals surface area contributed by atoms with Gasteiger partial charge in [-0.15, -0.1) is 0 Å². The van der Waals surface area contributed by atoms with Crippen LogP contribution in [0.25, 0.3) is 5.82 Å². The lowest BCUT2D eigenvalue weighted by Gasteiger charge is -2.27. The van der Waals surface area contributed by atoms with E-state index in [9.17, 15) is 4.79 Å². The molecule has 3 N–H and O–H groups in total. The highest BCUT2D eigenvalue weighted by Crippen LogP contribution is 2.11. The van der Waals surface area contributed by atoms with E-state index >= 15 is 0 Å². The Kier molecular flexibility index (Phi) is 3.30. The van der Waals surface area contributed by atoms with Crippen LogP contribution >= 0.6 is 0 Å². The number of anilines is 1. The van der Waals surface area contributed by atoms with E-state index in [-0.39, 0.29) is 0 Å². The largest absolute Gasteiger partial charge is 0.366 e. The Labute approximate surface area is 115 Å². The lowest BCUT2D eigenvalue weighted by atomic mass is 10.3. The first-order valence-corrected chi connectivity index (χ1v) is 6.37. The average Bonchev–Trinajstić information content (AvgIpc) is 2.98. The molecule has 1 aliphatic rings. The normalized spacial score (nSPS) is 15.3. The van der Waals surface area contributed by atoms with Crippen molar-refractivity contribution in [2.45, 2.75) is 0 Å². The summed E-state index contributed by atoms with van der Waals surface area (Å²) in [5, 5.41) is 7.37. The van der Waals surface area contributed by atoms with Crippen molar-refractivity contribution in [1.29, 1.82) is 0 Å². The van der Waals surface area contributed by atoms with Gasteiger partial charge in [0.25, 0.3) is 5.91 Å². The van der Waals surface area contributed by atoms with Gasteiger partial charge in [-0.2, -0.15) is 10.1 Å². The van der Waals surface area contributed by atoms with Gasteiger partial charge < -0.3 is 16.0 Å². The lowest BCUT2D eigenvalue weighted by Crippen LogP contribution is -2.44. The highest BCUT2D eigenvalue weighted by Gasteiger charge is 2.14. The second-order valence-electron chi connectivity index (χ2n) is 4.49. The number of nitrogens with two attached hydrogens (primary N) is 1. The van der Waals surface area contributed by atoms with Crippen LogP contribution in [0.5, 0.6) is 0 Å². The third kappa shape index (κ3) is 2.45. The van der Waals surface area contributed by atoms with Crippen molar-refractivity contribution < 1.29 is 4.79 Å². The fourth-order valence-electron chi connectivity index (χ4n) is 2.06. The van der Waals surface area contributed by atoms with Gasteiger partial charge in [0.2, 0.25) is 5.95 Å². The molecular weight excluding hydrogens is 258 g/mol. The third-order valence-electron chi connectivity index (χ3n) is 3.13. The first kappa shape index (κ1) is 12.5. The zero-order chi connectivity index (χ0) is 13.9. The zero-order valence-corrected chi connectivity index (χ0v) is 10.9. The van der Waals surface area contributed by atoms with Crippen molar-refractivity contribution in [2.75, 3.05) is 31.1 Å². The minimum atomic E-state index is -0.507. The maximum Gasteiger partial charge on any atom is 0.251 e. The summed E-state index contributed by atoms with van der Waals surface area (Å²) in [6.45, 7) is 3.58. The van der Waals surface area contributed by atoms with E-state index in [0.717, 1.165) is 26.2 Å². The van der Waals surface area contributed by atoms with Crippen molar-refractivity contribution in [3.8, 4) is 5.82 Å². The first-order chi connectivity index (χ1) is 9.74. The topological polar surface area (TPSA) is 102 Å². The van der Waals surface area contributed by atoms with Crippen LogP contribution in [0.1, 0.15) is 10.4 Å². The monoisotopic (exact) mass is 273 g/mol. The molecular formula is C12H15N7O. The number of amides is 1. The molecule has 0 radical (unpaired) electrons. The van der Waals surface area contributed by atoms with Crippen molar-refractivity contribution in [3.63, 3.8) is 0 Å². The van der Waals surface area contributed by atoms with E-state index < -0.39 is 5.91 Å². The Morgan fingerprint density at radius 2 is 2.15 bits per heavy atom. The Morgan fingerprint density at radius 3 is 2.85 bits per heavy atom. The molecule has 1 aliphatic heterocycles. The molecule has 0 saturated carbocycles. The minimum Gasteiger partial charge on any atom is -0.366 e. The quantitative estimate of drug-likeness (QED) is 0.757. The maximum absolute atomic E-state index is 11.1. The van der Waals surface area contributed by atoms with Gasteiger partial charge in [-0.3, -0.25) is 4.79 Å². The number of primary amides is 1. The molecule has 0 spiro atoms. The predicted molar refractivity (Wildman–Crippen MR) is 72.8 cm³/mol. The summed E-state index contributed by atoms with van der Waals surface area (Å²) in [6, 6.07) is 1.74. The van der Waals surface area contributed by atoms with Gasteiger partial charge in [-0.05, 0) is 0 Å². The second kappa shape index (κ2) is 5.25. The number of carbonyl (C=O) groups is 1. The first-order valence-electron chi connectivity index (χ1n) is 6.37. The summed E-state index contributed by atoms with van der Waals surface area (Å²) in [5.41, 5.74) is 5.57. The van der Waals surface area contributed by atoms with Crippen molar-refractivity contribution in [2.24, 2.45) is 5.73 Å². The maximum atomic E-state index is 11.1. The van der Waals surface area contributed by atoms with Crippen molar-refractivity contribution in [3.05, 3.63) is 30.2 Å². The smallest absolute Gasteiger partial charge is 0.251 e. The fourth-order valence-corrected chi connectivity index (χ4v) is 2.06. The summed E-state index contributed by atoms with van der Waals surface area (Å²) in [4.78, 5) is 21.9. The third-order valence-corrected chi connectivity index (χ3v) is 3.13. The van der Waals surface area contributed by atoms with Gasteiger partial charge >= 0.3 is 0 Å². The van der Waals surface area contributed by atoms with E-state index in [1.165, 1.54) is 10.9 Å². The van der Waals surface area contributed by atoms with Gasteiger partial charge in [-0.25, -0.2) is 9.67 Å². The summed E-state index contributed by atoms with van der Waals surface area (Å²) in [5.74, 6) is 0.772. The highest BCUT2D eigenvalue weighted by atomic mass is 16.1. The molecule has 3 heterocycles. The molecule has 0 bridgehead atoms. The number of carbonyl (C=O) groups excluding carboxylic acids is 1. The summed E-state index contributed by atoms with van der Waals surface area (Å²) < 4.78 is 1.52. The van der Waals surface area contributed by atoms with Crippen LogP contribution in [-0.2, 0) is 0 Å². The van der Waals surface area contributed by atoms with Crippen LogP contribution in [0, 0.1) is 0 Å². The molecule has 3 rings (SSSR count). The van der Waals surface area contributed by atoms with E-state index in [4.69, 9.17) is 5.73 Å². The van der Waals surface area contributed by atoms with Crippen LogP contribution in [-0.4, -0.2) is 51.8 Å². The molecule has 1 amide bonds. The van der Waals surface area contributed by atoms with Crippen LogP contribution in [0.15, 0.2) is 24.7 Å².